The van der Waals surface area contributed by atoms with Crippen LogP contribution in [0.5, 0.6) is 23.0 Å². The molecule has 24 heteroatoms. The molecule has 0 N–H and O–H groups in total. The van der Waals surface area contributed by atoms with Gasteiger partial charge in [-0.2, -0.15) is 0 Å². The second-order valence-electron chi connectivity index (χ2n) is 14.9. The zero-order valence-electron chi connectivity index (χ0n) is 37.3. The molecule has 356 valence electrons. The molecule has 0 spiro atoms. The minimum absolute atomic E-state index is 0.0215. The van der Waals surface area contributed by atoms with E-state index in [1.54, 1.807) is 83.6 Å². The van der Waals surface area contributed by atoms with Crippen molar-refractivity contribution in [2.45, 2.75) is 48.7 Å². The molecule has 0 aliphatic carbocycles. The second kappa shape index (κ2) is 20.9. The number of ether oxygens (including phenoxy) is 4. The van der Waals surface area contributed by atoms with E-state index in [1.807, 2.05) is 0 Å². The number of aromatic nitrogens is 10. The molecule has 2 aromatic carbocycles. The summed E-state index contributed by atoms with van der Waals surface area (Å²) < 4.78 is 115. The first kappa shape index (κ1) is 48.3. The number of benzene rings is 2. The highest BCUT2D eigenvalue weighted by Crippen LogP contribution is 2.35. The van der Waals surface area contributed by atoms with Crippen molar-refractivity contribution in [3.8, 4) is 57.5 Å². The number of hydrogen-bond donors (Lipinski definition) is 0. The van der Waals surface area contributed by atoms with Crippen molar-refractivity contribution in [2.24, 2.45) is 0 Å². The van der Waals surface area contributed by atoms with Crippen molar-refractivity contribution >= 4 is 19.7 Å². The summed E-state index contributed by atoms with van der Waals surface area (Å²) >= 11 is 0. The zero-order valence-corrected chi connectivity index (χ0v) is 39.0. The fourth-order valence-corrected chi connectivity index (χ4v) is 9.17. The molecule has 0 radical (unpaired) electrons. The fraction of sp³-hybridized carbons (Fsp3) is 0.273. The van der Waals surface area contributed by atoms with Crippen LogP contribution in [0.25, 0.3) is 34.5 Å². The Labute approximate surface area is 388 Å². The molecule has 2 atom stereocenters. The van der Waals surface area contributed by atoms with Crippen molar-refractivity contribution in [1.82, 2.24) is 49.5 Å². The van der Waals surface area contributed by atoms with Crippen LogP contribution in [0.4, 0.5) is 8.78 Å². The highest BCUT2D eigenvalue weighted by Gasteiger charge is 2.31. The van der Waals surface area contributed by atoms with Gasteiger partial charge in [-0.3, -0.25) is 9.13 Å². The van der Waals surface area contributed by atoms with Gasteiger partial charge in [0.15, 0.2) is 54.5 Å². The molecule has 8 rings (SSSR count). The third-order valence-corrected chi connectivity index (χ3v) is 14.5. The van der Waals surface area contributed by atoms with Gasteiger partial charge in [0.1, 0.15) is 46.2 Å². The lowest BCUT2D eigenvalue weighted by Crippen LogP contribution is -2.24. The Morgan fingerprint density at radius 3 is 1.26 bits per heavy atom. The van der Waals surface area contributed by atoms with Gasteiger partial charge in [0, 0.05) is 25.0 Å². The Morgan fingerprint density at radius 2 is 0.941 bits per heavy atom. The van der Waals surface area contributed by atoms with Crippen LogP contribution in [0.3, 0.4) is 0 Å². The lowest BCUT2D eigenvalue weighted by Gasteiger charge is -2.16. The Morgan fingerprint density at radius 1 is 0.559 bits per heavy atom. The van der Waals surface area contributed by atoms with E-state index in [0.717, 1.165) is 24.8 Å². The molecule has 0 unspecified atom stereocenters. The maximum Gasteiger partial charge on any atom is 0.204 e. The number of nitrogens with zero attached hydrogens (tertiary/aromatic N) is 10. The topological polar surface area (TPSA) is 244 Å². The Bertz CT molecular complexity index is 2960. The molecule has 6 aromatic heterocycles. The van der Waals surface area contributed by atoms with Crippen LogP contribution >= 0.6 is 0 Å². The molecule has 0 aliphatic rings. The SMILES string of the molecule is COc1ccc(-n2c(CS(=O)(=O)[C@@H](C)Cc3ncc(F)cn3)nnc2-c2ccco2)c(OC)c1.COc1ccc(-n2c(CS(=O)(=O)[C@H](C)Cc3ncc(F)cn3)nnc2-c2ccco2)c(OC)c1. The molecular formula is C44H44F2N10O10S2. The first-order valence-electron chi connectivity index (χ1n) is 20.4. The molecule has 0 aliphatic heterocycles. The molecule has 8 aromatic rings. The van der Waals surface area contributed by atoms with Crippen molar-refractivity contribution in [3.05, 3.63) is 133 Å². The van der Waals surface area contributed by atoms with E-state index in [9.17, 15) is 25.6 Å². The fourth-order valence-electron chi connectivity index (χ4n) is 6.70. The number of furan rings is 2. The average molecular weight is 975 g/mol. The van der Waals surface area contributed by atoms with Crippen molar-refractivity contribution in [2.75, 3.05) is 28.4 Å². The minimum Gasteiger partial charge on any atom is -0.497 e. The van der Waals surface area contributed by atoms with E-state index < -0.39 is 53.3 Å². The highest BCUT2D eigenvalue weighted by molar-refractivity contribution is 7.91. The van der Waals surface area contributed by atoms with Gasteiger partial charge in [-0.15, -0.1) is 20.4 Å². The number of hydrogen-bond acceptors (Lipinski definition) is 18. The third kappa shape index (κ3) is 11.0. The summed E-state index contributed by atoms with van der Waals surface area (Å²) in [4.78, 5) is 15.4. The first-order chi connectivity index (χ1) is 32.6. The second-order valence-corrected chi connectivity index (χ2v) is 19.7. The van der Waals surface area contributed by atoms with E-state index in [4.69, 9.17) is 27.8 Å². The molecule has 0 bridgehead atoms. The van der Waals surface area contributed by atoms with Gasteiger partial charge in [0.2, 0.25) is 11.6 Å². The van der Waals surface area contributed by atoms with Gasteiger partial charge in [0.25, 0.3) is 0 Å². The summed E-state index contributed by atoms with van der Waals surface area (Å²) in [6.45, 7) is 3.09. The highest BCUT2D eigenvalue weighted by atomic mass is 32.2. The molecule has 6 heterocycles. The van der Waals surface area contributed by atoms with Crippen LogP contribution in [0, 0.1) is 11.6 Å². The van der Waals surface area contributed by atoms with Gasteiger partial charge in [-0.1, -0.05) is 0 Å². The largest absolute Gasteiger partial charge is 0.497 e. The molecule has 0 fully saturated rings. The van der Waals surface area contributed by atoms with Crippen LogP contribution in [-0.4, -0.2) is 105 Å². The number of methoxy groups -OCH3 is 4. The first-order valence-corrected chi connectivity index (χ1v) is 23.8. The third-order valence-electron chi connectivity index (χ3n) is 10.4. The standard InChI is InChI=1S/2C22H22FN5O5S/c2*1-14(9-20-24-11-15(23)12-25-20)34(29,30)13-21-26-27-22(18-5-4-8-33-18)28(21)17-7-6-16(31-2)10-19(17)32-3/h2*4-8,10-12,14H,9,13H2,1-3H3/t2*14-/m10/s1. The molecule has 0 saturated carbocycles. The molecule has 68 heavy (non-hydrogen) atoms. The summed E-state index contributed by atoms with van der Waals surface area (Å²) in [6.07, 6.45) is 7.03. The maximum atomic E-state index is 13.2. The summed E-state index contributed by atoms with van der Waals surface area (Å²) in [5.74, 6) is 2.20. The molecule has 0 amide bonds. The van der Waals surface area contributed by atoms with Crippen molar-refractivity contribution in [1.29, 1.82) is 0 Å². The van der Waals surface area contributed by atoms with E-state index in [1.165, 1.54) is 41.0 Å². The minimum atomic E-state index is -3.73. The van der Waals surface area contributed by atoms with Gasteiger partial charge < -0.3 is 27.8 Å². The maximum absolute atomic E-state index is 13.2. The van der Waals surface area contributed by atoms with Gasteiger partial charge in [0.05, 0.1) is 87.6 Å². The van der Waals surface area contributed by atoms with Crippen LogP contribution < -0.4 is 18.9 Å². The number of halogens is 2. The van der Waals surface area contributed by atoms with Crippen LogP contribution in [0.2, 0.25) is 0 Å². The van der Waals surface area contributed by atoms with E-state index in [2.05, 4.69) is 40.3 Å². The zero-order chi connectivity index (χ0) is 48.6. The Kier molecular flexibility index (Phi) is 14.9. The summed E-state index contributed by atoms with van der Waals surface area (Å²) in [7, 11) is -1.41. The van der Waals surface area contributed by atoms with E-state index in [0.29, 0.717) is 57.5 Å². The van der Waals surface area contributed by atoms with Crippen LogP contribution in [-0.2, 0) is 44.0 Å². The van der Waals surface area contributed by atoms with E-state index >= 15 is 0 Å². The molecule has 20 nitrogen and oxygen atoms in total. The predicted octanol–water partition coefficient (Wildman–Crippen LogP) is 6.04. The van der Waals surface area contributed by atoms with Gasteiger partial charge in [-0.05, 0) is 62.4 Å². The Balaban J connectivity index is 0.000000201. The lowest BCUT2D eigenvalue weighted by atomic mass is 10.2. The predicted molar refractivity (Wildman–Crippen MR) is 240 cm³/mol. The summed E-state index contributed by atoms with van der Waals surface area (Å²) in [5, 5.41) is 15.0. The quantitative estimate of drug-likeness (QED) is 0.0951. The van der Waals surface area contributed by atoms with Crippen LogP contribution in [0.1, 0.15) is 37.1 Å². The smallest absolute Gasteiger partial charge is 0.204 e. The summed E-state index contributed by atoms with van der Waals surface area (Å²) in [5.41, 5.74) is 1.03. The van der Waals surface area contributed by atoms with Crippen LogP contribution in [0.15, 0.2) is 107 Å². The monoisotopic (exact) mass is 974 g/mol. The lowest BCUT2D eigenvalue weighted by molar-refractivity contribution is 0.393. The molecular weight excluding hydrogens is 931 g/mol. The number of sulfone groups is 2. The van der Waals surface area contributed by atoms with Crippen molar-refractivity contribution < 1.29 is 53.4 Å². The van der Waals surface area contributed by atoms with E-state index in [-0.39, 0.29) is 36.1 Å². The van der Waals surface area contributed by atoms with Gasteiger partial charge in [-0.25, -0.2) is 45.6 Å². The summed E-state index contributed by atoms with van der Waals surface area (Å²) in [6, 6.07) is 17.0. The van der Waals surface area contributed by atoms with Crippen molar-refractivity contribution in [3.63, 3.8) is 0 Å². The average Bonchev–Trinajstić information content (AvgIpc) is 4.19. The molecule has 0 saturated heterocycles. The number of rotatable bonds is 18. The van der Waals surface area contributed by atoms with Gasteiger partial charge >= 0.3 is 0 Å². The normalized spacial score (nSPS) is 12.5. The Hall–Kier alpha value is -7.60.